The lowest BCUT2D eigenvalue weighted by molar-refractivity contribution is -0.133. The van der Waals surface area contributed by atoms with Gasteiger partial charge in [0, 0.05) is 13.6 Å². The fourth-order valence-electron chi connectivity index (χ4n) is 3.15. The van der Waals surface area contributed by atoms with Crippen LogP contribution in [0.1, 0.15) is 29.8 Å². The van der Waals surface area contributed by atoms with Crippen LogP contribution in [0, 0.1) is 5.92 Å². The number of benzene rings is 2. The fourth-order valence-corrected chi connectivity index (χ4v) is 5.26. The van der Waals surface area contributed by atoms with E-state index in [0.29, 0.717) is 11.1 Å². The molecule has 0 aliphatic rings. The SMILES string of the molecule is COC(=O)c1ccc(CN(C)C(=O)[C@@H](NS(=O)(=O)c2cccc3nsnc23)C(C)C)cc1. The second kappa shape index (κ2) is 9.72. The quantitative estimate of drug-likeness (QED) is 0.496. The van der Waals surface area contributed by atoms with Gasteiger partial charge in [-0.15, -0.1) is 0 Å². The van der Waals surface area contributed by atoms with Crippen molar-refractivity contribution in [2.24, 2.45) is 5.92 Å². The van der Waals surface area contributed by atoms with Gasteiger partial charge in [0.1, 0.15) is 22.0 Å². The number of rotatable bonds is 8. The van der Waals surface area contributed by atoms with Crippen LogP contribution in [-0.4, -0.2) is 54.1 Å². The van der Waals surface area contributed by atoms with Crippen molar-refractivity contribution in [3.8, 4) is 0 Å². The molecule has 1 N–H and O–H groups in total. The molecule has 1 aromatic heterocycles. The Morgan fingerprint density at radius 2 is 1.81 bits per heavy atom. The summed E-state index contributed by atoms with van der Waals surface area (Å²) in [5, 5.41) is 0. The Balaban J connectivity index is 1.78. The van der Waals surface area contributed by atoms with E-state index in [1.165, 1.54) is 18.1 Å². The van der Waals surface area contributed by atoms with Crippen LogP contribution in [0.25, 0.3) is 11.0 Å². The van der Waals surface area contributed by atoms with Crippen LogP contribution in [-0.2, 0) is 26.1 Å². The zero-order valence-electron chi connectivity index (χ0n) is 18.1. The average Bonchev–Trinajstić information content (AvgIpc) is 3.25. The van der Waals surface area contributed by atoms with Gasteiger partial charge in [0.05, 0.1) is 24.4 Å². The molecule has 11 heteroatoms. The van der Waals surface area contributed by atoms with Gasteiger partial charge in [0.15, 0.2) is 0 Å². The van der Waals surface area contributed by atoms with E-state index in [0.717, 1.165) is 17.3 Å². The molecule has 0 aliphatic heterocycles. The summed E-state index contributed by atoms with van der Waals surface area (Å²) in [6, 6.07) is 10.4. The first-order valence-electron chi connectivity index (χ1n) is 9.80. The zero-order valence-corrected chi connectivity index (χ0v) is 19.7. The Labute approximate surface area is 190 Å². The molecule has 0 saturated carbocycles. The molecular weight excluding hydrogens is 452 g/mol. The summed E-state index contributed by atoms with van der Waals surface area (Å²) >= 11 is 0.929. The number of esters is 1. The van der Waals surface area contributed by atoms with E-state index < -0.39 is 22.0 Å². The largest absolute Gasteiger partial charge is 0.465 e. The van der Waals surface area contributed by atoms with Crippen molar-refractivity contribution in [3.05, 3.63) is 53.6 Å². The van der Waals surface area contributed by atoms with E-state index in [2.05, 4.69) is 18.2 Å². The summed E-state index contributed by atoms with van der Waals surface area (Å²) in [6.07, 6.45) is 0. The molecule has 1 atom stereocenters. The van der Waals surface area contributed by atoms with E-state index >= 15 is 0 Å². The Hall–Kier alpha value is -2.89. The molecule has 0 saturated heterocycles. The summed E-state index contributed by atoms with van der Waals surface area (Å²) in [7, 11) is -1.11. The smallest absolute Gasteiger partial charge is 0.337 e. The monoisotopic (exact) mass is 476 g/mol. The highest BCUT2D eigenvalue weighted by Crippen LogP contribution is 2.22. The first kappa shape index (κ1) is 23.8. The number of carbonyl (C=O) groups is 2. The number of fused-ring (bicyclic) bond motifs is 1. The lowest BCUT2D eigenvalue weighted by Gasteiger charge is -2.27. The first-order chi connectivity index (χ1) is 15.1. The molecule has 0 unspecified atom stereocenters. The number of hydrogen-bond acceptors (Lipinski definition) is 8. The average molecular weight is 477 g/mol. The van der Waals surface area contributed by atoms with Crippen LogP contribution in [0.5, 0.6) is 0 Å². The van der Waals surface area contributed by atoms with Crippen LogP contribution in [0.2, 0.25) is 0 Å². The lowest BCUT2D eigenvalue weighted by Crippen LogP contribution is -2.49. The molecule has 3 aromatic rings. The molecule has 9 nitrogen and oxygen atoms in total. The third-order valence-electron chi connectivity index (χ3n) is 4.92. The molecule has 2 aromatic carbocycles. The summed E-state index contributed by atoms with van der Waals surface area (Å²) in [4.78, 5) is 26.1. The highest BCUT2D eigenvalue weighted by atomic mass is 32.2. The Morgan fingerprint density at radius 3 is 2.44 bits per heavy atom. The zero-order chi connectivity index (χ0) is 23.5. The van der Waals surface area contributed by atoms with Gasteiger partial charge in [-0.05, 0) is 35.7 Å². The Bertz CT molecular complexity index is 1220. The molecule has 1 heterocycles. The second-order valence-electron chi connectivity index (χ2n) is 7.61. The topological polar surface area (TPSA) is 119 Å². The number of hydrogen-bond donors (Lipinski definition) is 1. The second-order valence-corrected chi connectivity index (χ2v) is 9.82. The Morgan fingerprint density at radius 1 is 1.12 bits per heavy atom. The number of sulfonamides is 1. The maximum Gasteiger partial charge on any atom is 0.337 e. The van der Waals surface area contributed by atoms with Gasteiger partial charge in [0.25, 0.3) is 0 Å². The highest BCUT2D eigenvalue weighted by molar-refractivity contribution is 7.89. The van der Waals surface area contributed by atoms with Crippen LogP contribution >= 0.6 is 11.7 Å². The molecule has 3 rings (SSSR count). The van der Waals surface area contributed by atoms with Crippen molar-refractivity contribution in [3.63, 3.8) is 0 Å². The van der Waals surface area contributed by atoms with Crippen LogP contribution < -0.4 is 4.72 Å². The number of nitrogens with one attached hydrogen (secondary N) is 1. The van der Waals surface area contributed by atoms with E-state index in [-0.39, 0.29) is 28.8 Å². The van der Waals surface area contributed by atoms with Crippen LogP contribution in [0.4, 0.5) is 0 Å². The number of methoxy groups -OCH3 is 1. The third kappa shape index (κ3) is 5.12. The molecule has 32 heavy (non-hydrogen) atoms. The molecule has 0 fully saturated rings. The minimum Gasteiger partial charge on any atom is -0.465 e. The van der Waals surface area contributed by atoms with E-state index in [1.807, 2.05) is 0 Å². The summed E-state index contributed by atoms with van der Waals surface area (Å²) < 4.78 is 41.6. The summed E-state index contributed by atoms with van der Waals surface area (Å²) in [5.41, 5.74) is 1.96. The van der Waals surface area contributed by atoms with Crippen molar-refractivity contribution in [2.45, 2.75) is 31.3 Å². The van der Waals surface area contributed by atoms with Crippen LogP contribution in [0.3, 0.4) is 0 Å². The van der Waals surface area contributed by atoms with Gasteiger partial charge >= 0.3 is 5.97 Å². The minimum absolute atomic E-state index is 0.0109. The van der Waals surface area contributed by atoms with Crippen molar-refractivity contribution < 1.29 is 22.7 Å². The molecule has 0 bridgehead atoms. The van der Waals surface area contributed by atoms with Crippen molar-refractivity contribution >= 4 is 44.7 Å². The standard InChI is InChI=1S/C21H24N4O5S2/c1-13(2)18(24-32(28,29)17-7-5-6-16-19(17)23-31-22-16)20(26)25(3)12-14-8-10-15(11-9-14)21(27)30-4/h5-11,13,18,24H,12H2,1-4H3/t18-/m0/s1. The molecule has 170 valence electrons. The number of ether oxygens (including phenoxy) is 1. The van der Waals surface area contributed by atoms with Crippen molar-refractivity contribution in [1.82, 2.24) is 18.4 Å². The first-order valence-corrected chi connectivity index (χ1v) is 12.0. The molecule has 1 amide bonds. The predicted molar refractivity (Wildman–Crippen MR) is 121 cm³/mol. The predicted octanol–water partition coefficient (Wildman–Crippen LogP) is 2.44. The molecule has 0 aliphatic carbocycles. The molecule has 0 spiro atoms. The lowest BCUT2D eigenvalue weighted by atomic mass is 10.0. The van der Waals surface area contributed by atoms with Gasteiger partial charge in [-0.1, -0.05) is 32.0 Å². The maximum atomic E-state index is 13.1. The van der Waals surface area contributed by atoms with Gasteiger partial charge < -0.3 is 9.64 Å². The number of aromatic nitrogens is 2. The number of likely N-dealkylation sites (N-methyl/N-ethyl adjacent to an activating group) is 1. The van der Waals surface area contributed by atoms with E-state index in [1.54, 1.807) is 57.3 Å². The maximum absolute atomic E-state index is 13.1. The Kier molecular flexibility index (Phi) is 7.22. The number of amides is 1. The number of nitrogens with zero attached hydrogens (tertiary/aromatic N) is 3. The highest BCUT2D eigenvalue weighted by Gasteiger charge is 2.31. The van der Waals surface area contributed by atoms with Gasteiger partial charge in [0.2, 0.25) is 15.9 Å². The number of carbonyl (C=O) groups excluding carboxylic acids is 2. The summed E-state index contributed by atoms with van der Waals surface area (Å²) in [6.45, 7) is 3.79. The van der Waals surface area contributed by atoms with Crippen molar-refractivity contribution in [1.29, 1.82) is 0 Å². The normalized spacial score (nSPS) is 12.7. The van der Waals surface area contributed by atoms with Gasteiger partial charge in [-0.3, -0.25) is 4.79 Å². The fraction of sp³-hybridized carbons (Fsp3) is 0.333. The van der Waals surface area contributed by atoms with Gasteiger partial charge in [-0.2, -0.15) is 13.5 Å². The van der Waals surface area contributed by atoms with Crippen molar-refractivity contribution in [2.75, 3.05) is 14.2 Å². The summed E-state index contributed by atoms with van der Waals surface area (Å²) in [5.74, 6) is -1.11. The molecule has 0 radical (unpaired) electrons. The third-order valence-corrected chi connectivity index (χ3v) is 6.94. The minimum atomic E-state index is -4.02. The van der Waals surface area contributed by atoms with E-state index in [9.17, 15) is 18.0 Å². The van der Waals surface area contributed by atoms with E-state index in [4.69, 9.17) is 0 Å². The van der Waals surface area contributed by atoms with Gasteiger partial charge in [-0.25, -0.2) is 13.2 Å². The van der Waals surface area contributed by atoms with Crippen LogP contribution in [0.15, 0.2) is 47.4 Å². The molecular formula is C21H24N4O5S2.